The molecule has 4 rings (SSSR count). The third kappa shape index (κ3) is 6.03. The fourth-order valence-corrected chi connectivity index (χ4v) is 3.73. The van der Waals surface area contributed by atoms with E-state index in [-0.39, 0.29) is 37.1 Å². The maximum Gasteiger partial charge on any atom is 0.258 e. The maximum absolute atomic E-state index is 12.5. The number of hydrogen-bond acceptors (Lipinski definition) is 6. The molecule has 9 heteroatoms. The lowest BCUT2D eigenvalue weighted by atomic mass is 10.2. The normalized spacial score (nSPS) is 14.4. The van der Waals surface area contributed by atoms with E-state index in [1.165, 1.54) is 0 Å². The van der Waals surface area contributed by atoms with Gasteiger partial charge in [0.15, 0.2) is 0 Å². The summed E-state index contributed by atoms with van der Waals surface area (Å²) in [5.41, 5.74) is 2.28. The second-order valence-corrected chi connectivity index (χ2v) is 8.09. The molecule has 0 radical (unpaired) electrons. The topological polar surface area (TPSA) is 108 Å². The van der Waals surface area contributed by atoms with Crippen LogP contribution in [0.5, 0.6) is 0 Å². The Bertz CT molecular complexity index is 1180. The van der Waals surface area contributed by atoms with Crippen molar-refractivity contribution >= 4 is 28.4 Å². The molecule has 0 spiro atoms. The fraction of sp³-hybridized carbons (Fsp3) is 0.333. The minimum atomic E-state index is -0.229. The van der Waals surface area contributed by atoms with Gasteiger partial charge in [-0.1, -0.05) is 29.8 Å². The largest absolute Gasteiger partial charge is 0.364 e. The van der Waals surface area contributed by atoms with Crippen molar-refractivity contribution in [3.8, 4) is 0 Å². The van der Waals surface area contributed by atoms with E-state index in [0.717, 1.165) is 11.3 Å². The number of nitrogens with zero attached hydrogens (tertiary/aromatic N) is 3. The van der Waals surface area contributed by atoms with Gasteiger partial charge in [-0.15, -0.1) is 0 Å². The van der Waals surface area contributed by atoms with Crippen molar-refractivity contribution in [3.05, 3.63) is 70.3 Å². The molecule has 2 heterocycles. The zero-order valence-corrected chi connectivity index (χ0v) is 18.5. The van der Waals surface area contributed by atoms with Crippen LogP contribution in [0.2, 0.25) is 0 Å². The number of H-pyrrole nitrogens is 1. The predicted octanol–water partition coefficient (Wildman–Crippen LogP) is 1.53. The molecule has 1 aromatic heterocycles. The molecule has 2 amide bonds. The van der Waals surface area contributed by atoms with E-state index in [9.17, 15) is 14.4 Å². The summed E-state index contributed by atoms with van der Waals surface area (Å²) in [5.74, 6) is 0.191. The van der Waals surface area contributed by atoms with Crippen LogP contribution >= 0.6 is 0 Å². The van der Waals surface area contributed by atoms with Crippen LogP contribution in [0.4, 0.5) is 5.69 Å². The third-order valence-electron chi connectivity index (χ3n) is 5.55. The van der Waals surface area contributed by atoms with Gasteiger partial charge in [0.2, 0.25) is 11.8 Å². The first-order chi connectivity index (χ1) is 16.0. The number of aromatic amines is 1. The van der Waals surface area contributed by atoms with Crippen molar-refractivity contribution in [1.82, 2.24) is 19.8 Å². The van der Waals surface area contributed by atoms with Crippen molar-refractivity contribution in [2.24, 2.45) is 0 Å². The number of fused-ring (bicyclic) bond motifs is 1. The fourth-order valence-electron chi connectivity index (χ4n) is 3.73. The van der Waals surface area contributed by atoms with Gasteiger partial charge in [0.05, 0.1) is 17.4 Å². The number of aromatic nitrogens is 2. The summed E-state index contributed by atoms with van der Waals surface area (Å²) in [7, 11) is 0. The quantitative estimate of drug-likeness (QED) is 0.567. The number of ether oxygens (including phenoxy) is 1. The SMILES string of the molecule is Cc1ccc(NC(=O)CN2CCN(C(=O)COCc3nc4ccccc4c(=O)[nH]3)CC2)cc1. The minimum absolute atomic E-state index is 0.0466. The maximum atomic E-state index is 12.5. The Labute approximate surface area is 191 Å². The highest BCUT2D eigenvalue weighted by Gasteiger charge is 2.22. The van der Waals surface area contributed by atoms with Crippen molar-refractivity contribution in [2.45, 2.75) is 13.5 Å². The molecule has 9 nitrogen and oxygen atoms in total. The summed E-state index contributed by atoms with van der Waals surface area (Å²) >= 11 is 0. The van der Waals surface area contributed by atoms with Gasteiger partial charge in [-0.25, -0.2) is 4.98 Å². The Kier molecular flexibility index (Phi) is 7.11. The van der Waals surface area contributed by atoms with Crippen LogP contribution in [0, 0.1) is 6.92 Å². The summed E-state index contributed by atoms with van der Waals surface area (Å²) in [6, 6.07) is 14.7. The van der Waals surface area contributed by atoms with Crippen LogP contribution in [0.1, 0.15) is 11.4 Å². The van der Waals surface area contributed by atoms with Gasteiger partial charge in [-0.2, -0.15) is 0 Å². The molecule has 0 aliphatic carbocycles. The van der Waals surface area contributed by atoms with E-state index in [0.29, 0.717) is 42.9 Å². The number of amides is 2. The number of rotatable bonds is 7. The zero-order valence-electron chi connectivity index (χ0n) is 18.5. The van der Waals surface area contributed by atoms with Gasteiger partial charge in [-0.05, 0) is 31.2 Å². The highest BCUT2D eigenvalue weighted by atomic mass is 16.5. The van der Waals surface area contributed by atoms with Gasteiger partial charge in [-0.3, -0.25) is 19.3 Å². The number of carbonyl (C=O) groups is 2. The Morgan fingerprint density at radius 2 is 1.79 bits per heavy atom. The third-order valence-corrected chi connectivity index (χ3v) is 5.55. The van der Waals surface area contributed by atoms with Crippen LogP contribution in [-0.2, 0) is 20.9 Å². The zero-order chi connectivity index (χ0) is 23.2. The number of carbonyl (C=O) groups excluding carboxylic acids is 2. The lowest BCUT2D eigenvalue weighted by Gasteiger charge is -2.34. The standard InChI is InChI=1S/C24H27N5O4/c1-17-6-8-18(9-7-17)25-22(30)14-28-10-12-29(13-11-28)23(31)16-33-15-21-26-20-5-3-2-4-19(20)24(32)27-21/h2-9H,10-16H2,1H3,(H,25,30)(H,26,27,32). The van der Waals surface area contributed by atoms with Gasteiger partial charge in [0.1, 0.15) is 19.0 Å². The van der Waals surface area contributed by atoms with E-state index in [2.05, 4.69) is 15.3 Å². The molecule has 1 aliphatic heterocycles. The average molecular weight is 450 g/mol. The predicted molar refractivity (Wildman–Crippen MR) is 125 cm³/mol. The molecular formula is C24H27N5O4. The molecule has 0 atom stereocenters. The lowest BCUT2D eigenvalue weighted by molar-refractivity contribution is -0.138. The summed E-state index contributed by atoms with van der Waals surface area (Å²) in [6.07, 6.45) is 0. The molecule has 33 heavy (non-hydrogen) atoms. The summed E-state index contributed by atoms with van der Waals surface area (Å²) < 4.78 is 5.50. The van der Waals surface area contributed by atoms with Crippen molar-refractivity contribution in [3.63, 3.8) is 0 Å². The van der Waals surface area contributed by atoms with Crippen LogP contribution in [0.3, 0.4) is 0 Å². The van der Waals surface area contributed by atoms with E-state index >= 15 is 0 Å². The lowest BCUT2D eigenvalue weighted by Crippen LogP contribution is -2.51. The van der Waals surface area contributed by atoms with Gasteiger partial charge >= 0.3 is 0 Å². The van der Waals surface area contributed by atoms with E-state index in [1.807, 2.05) is 42.2 Å². The number of aryl methyl sites for hydroxylation is 1. The smallest absolute Gasteiger partial charge is 0.258 e. The molecule has 1 saturated heterocycles. The Morgan fingerprint density at radius 1 is 1.06 bits per heavy atom. The van der Waals surface area contributed by atoms with Gasteiger partial charge < -0.3 is 19.9 Å². The number of benzene rings is 2. The number of para-hydroxylation sites is 1. The molecular weight excluding hydrogens is 422 g/mol. The molecule has 2 N–H and O–H groups in total. The average Bonchev–Trinajstić information content (AvgIpc) is 2.81. The van der Waals surface area contributed by atoms with Crippen LogP contribution in [0.25, 0.3) is 10.9 Å². The minimum Gasteiger partial charge on any atom is -0.364 e. The number of nitrogens with one attached hydrogen (secondary N) is 2. The Hall–Kier alpha value is -3.56. The molecule has 1 fully saturated rings. The first-order valence-electron chi connectivity index (χ1n) is 10.9. The van der Waals surface area contributed by atoms with Crippen LogP contribution in [-0.4, -0.2) is 70.9 Å². The number of hydrogen-bond donors (Lipinski definition) is 2. The van der Waals surface area contributed by atoms with Crippen LogP contribution < -0.4 is 10.9 Å². The summed E-state index contributed by atoms with van der Waals surface area (Å²) in [4.78, 5) is 47.7. The molecule has 0 saturated carbocycles. The second-order valence-electron chi connectivity index (χ2n) is 8.09. The monoisotopic (exact) mass is 449 g/mol. The van der Waals surface area contributed by atoms with Crippen molar-refractivity contribution in [2.75, 3.05) is 44.6 Å². The molecule has 0 unspecified atom stereocenters. The van der Waals surface area contributed by atoms with Crippen molar-refractivity contribution in [1.29, 1.82) is 0 Å². The highest BCUT2D eigenvalue weighted by Crippen LogP contribution is 2.10. The van der Waals surface area contributed by atoms with E-state index in [1.54, 1.807) is 23.1 Å². The Morgan fingerprint density at radius 3 is 2.55 bits per heavy atom. The summed E-state index contributed by atoms with van der Waals surface area (Å²) in [6.45, 7) is 4.54. The molecule has 1 aliphatic rings. The molecule has 172 valence electrons. The van der Waals surface area contributed by atoms with Gasteiger partial charge in [0.25, 0.3) is 5.56 Å². The molecule has 3 aromatic rings. The first kappa shape index (κ1) is 22.6. The van der Waals surface area contributed by atoms with E-state index in [4.69, 9.17) is 4.74 Å². The molecule has 0 bridgehead atoms. The Balaban J connectivity index is 1.19. The van der Waals surface area contributed by atoms with Crippen molar-refractivity contribution < 1.29 is 14.3 Å². The number of piperazine rings is 1. The van der Waals surface area contributed by atoms with Crippen LogP contribution in [0.15, 0.2) is 53.3 Å². The summed E-state index contributed by atoms with van der Waals surface area (Å²) in [5, 5.41) is 3.41. The second kappa shape index (κ2) is 10.4. The van der Waals surface area contributed by atoms with Gasteiger partial charge in [0, 0.05) is 31.9 Å². The highest BCUT2D eigenvalue weighted by molar-refractivity contribution is 5.92. The first-order valence-corrected chi connectivity index (χ1v) is 10.9. The molecule has 2 aromatic carbocycles. The number of anilines is 1. The van der Waals surface area contributed by atoms with E-state index < -0.39 is 0 Å².